The molecule has 5 heteroatoms. The predicted molar refractivity (Wildman–Crippen MR) is 115 cm³/mol. The lowest BCUT2D eigenvalue weighted by Gasteiger charge is -2.08. The number of carbonyl (C=O) groups excluding carboxylic acids is 1. The standard InChI is InChI=1S/C24H24N2O3/c1-3-4-5-6-7-8-10-16-13-14-19-18(15-16)22(27)23-25-21-17(24(28)26(19)23)11-9-12-20(21)29-2/h8-15H,3-7H2,1-2H3. The number of nitrogens with zero attached hydrogens (tertiary/aromatic N) is 2. The van der Waals surface area contributed by atoms with Crippen LogP contribution in [-0.2, 0) is 0 Å². The van der Waals surface area contributed by atoms with Crippen LogP contribution in [0.3, 0.4) is 0 Å². The molecule has 3 aromatic rings. The van der Waals surface area contributed by atoms with Gasteiger partial charge in [0.15, 0.2) is 5.82 Å². The Morgan fingerprint density at radius 3 is 2.76 bits per heavy atom. The van der Waals surface area contributed by atoms with Crippen molar-refractivity contribution in [2.24, 2.45) is 0 Å². The van der Waals surface area contributed by atoms with Crippen molar-refractivity contribution < 1.29 is 9.53 Å². The Morgan fingerprint density at radius 1 is 1.10 bits per heavy atom. The highest BCUT2D eigenvalue weighted by molar-refractivity contribution is 6.13. The molecule has 0 aliphatic carbocycles. The van der Waals surface area contributed by atoms with E-state index in [4.69, 9.17) is 4.74 Å². The fourth-order valence-corrected chi connectivity index (χ4v) is 3.79. The summed E-state index contributed by atoms with van der Waals surface area (Å²) in [5.74, 6) is 0.393. The summed E-state index contributed by atoms with van der Waals surface area (Å²) in [5.41, 5.74) is 2.22. The molecule has 2 aromatic carbocycles. The van der Waals surface area contributed by atoms with E-state index in [9.17, 15) is 9.59 Å². The van der Waals surface area contributed by atoms with Crippen LogP contribution in [0.5, 0.6) is 5.75 Å². The Hall–Kier alpha value is -3.21. The molecule has 0 radical (unpaired) electrons. The number of hydrogen-bond acceptors (Lipinski definition) is 4. The van der Waals surface area contributed by atoms with Crippen molar-refractivity contribution >= 4 is 22.8 Å². The maximum atomic E-state index is 13.1. The average Bonchev–Trinajstić information content (AvgIpc) is 3.02. The van der Waals surface area contributed by atoms with Gasteiger partial charge in [-0.2, -0.15) is 0 Å². The maximum Gasteiger partial charge on any atom is 0.266 e. The van der Waals surface area contributed by atoms with E-state index >= 15 is 0 Å². The van der Waals surface area contributed by atoms with Crippen LogP contribution >= 0.6 is 0 Å². The van der Waals surface area contributed by atoms with Gasteiger partial charge in [0.1, 0.15) is 11.3 Å². The first kappa shape index (κ1) is 19.1. The molecule has 5 nitrogen and oxygen atoms in total. The van der Waals surface area contributed by atoms with Gasteiger partial charge in [-0.3, -0.25) is 14.2 Å². The third-order valence-corrected chi connectivity index (χ3v) is 5.33. The number of fused-ring (bicyclic) bond motifs is 4. The summed E-state index contributed by atoms with van der Waals surface area (Å²) in [6.45, 7) is 2.20. The summed E-state index contributed by atoms with van der Waals surface area (Å²) in [6, 6.07) is 10.8. The summed E-state index contributed by atoms with van der Waals surface area (Å²) in [6.07, 6.45) is 10.1. The number of benzene rings is 2. The largest absolute Gasteiger partial charge is 0.494 e. The molecule has 0 spiro atoms. The molecule has 0 atom stereocenters. The first-order valence-corrected chi connectivity index (χ1v) is 10.1. The quantitative estimate of drug-likeness (QED) is 0.422. The minimum atomic E-state index is -0.254. The van der Waals surface area contributed by atoms with Crippen molar-refractivity contribution in [3.8, 4) is 11.4 Å². The molecular weight excluding hydrogens is 364 g/mol. The number of para-hydroxylation sites is 1. The van der Waals surface area contributed by atoms with Crippen LogP contribution in [0.1, 0.15) is 60.8 Å². The number of unbranched alkanes of at least 4 members (excludes halogenated alkanes) is 4. The lowest BCUT2D eigenvalue weighted by molar-refractivity contribution is 0.103. The van der Waals surface area contributed by atoms with Gasteiger partial charge < -0.3 is 4.74 Å². The molecule has 0 amide bonds. The summed E-state index contributed by atoms with van der Waals surface area (Å²) >= 11 is 0. The monoisotopic (exact) mass is 388 g/mol. The van der Waals surface area contributed by atoms with Crippen molar-refractivity contribution in [1.82, 2.24) is 9.55 Å². The number of methoxy groups -OCH3 is 1. The number of aromatic nitrogens is 2. The number of rotatable bonds is 7. The zero-order chi connectivity index (χ0) is 20.4. The van der Waals surface area contributed by atoms with Gasteiger partial charge >= 0.3 is 0 Å². The van der Waals surface area contributed by atoms with Gasteiger partial charge in [-0.1, -0.05) is 50.5 Å². The van der Waals surface area contributed by atoms with E-state index in [1.54, 1.807) is 18.2 Å². The second kappa shape index (κ2) is 8.03. The van der Waals surface area contributed by atoms with Crippen LogP contribution < -0.4 is 10.3 Å². The first-order chi connectivity index (χ1) is 14.2. The Kier molecular flexibility index (Phi) is 5.30. The molecule has 0 bridgehead atoms. The smallest absolute Gasteiger partial charge is 0.266 e. The van der Waals surface area contributed by atoms with Crippen LogP contribution in [-0.4, -0.2) is 22.4 Å². The Balaban J connectivity index is 1.70. The molecular formula is C24H24N2O3. The number of allylic oxidation sites excluding steroid dienone is 1. The number of ketones is 1. The fourth-order valence-electron chi connectivity index (χ4n) is 3.79. The Bertz CT molecular complexity index is 1170. The van der Waals surface area contributed by atoms with Crippen LogP contribution in [0, 0.1) is 0 Å². The molecule has 1 aliphatic rings. The van der Waals surface area contributed by atoms with E-state index < -0.39 is 0 Å². The molecule has 1 aromatic heterocycles. The second-order valence-corrected chi connectivity index (χ2v) is 7.29. The minimum absolute atomic E-state index is 0.141. The van der Waals surface area contributed by atoms with Gasteiger partial charge in [0.2, 0.25) is 5.78 Å². The van der Waals surface area contributed by atoms with E-state index in [1.807, 2.05) is 24.3 Å². The first-order valence-electron chi connectivity index (χ1n) is 10.1. The number of ether oxygens (including phenoxy) is 1. The van der Waals surface area contributed by atoms with Gasteiger partial charge in [0.05, 0.1) is 23.7 Å². The molecule has 0 saturated carbocycles. The molecule has 0 fully saturated rings. The average molecular weight is 388 g/mol. The summed E-state index contributed by atoms with van der Waals surface area (Å²) in [4.78, 5) is 30.6. The number of hydrogen-bond donors (Lipinski definition) is 0. The van der Waals surface area contributed by atoms with Crippen LogP contribution in [0.4, 0.5) is 0 Å². The highest BCUT2D eigenvalue weighted by Crippen LogP contribution is 2.29. The summed E-state index contributed by atoms with van der Waals surface area (Å²) in [7, 11) is 1.53. The van der Waals surface area contributed by atoms with Gasteiger partial charge in [-0.05, 0) is 42.7 Å². The number of carbonyl (C=O) groups is 1. The van der Waals surface area contributed by atoms with Gasteiger partial charge in [-0.15, -0.1) is 0 Å². The maximum absolute atomic E-state index is 13.1. The van der Waals surface area contributed by atoms with E-state index in [-0.39, 0.29) is 17.2 Å². The van der Waals surface area contributed by atoms with Crippen molar-refractivity contribution in [3.63, 3.8) is 0 Å². The van der Waals surface area contributed by atoms with Gasteiger partial charge in [0, 0.05) is 0 Å². The van der Waals surface area contributed by atoms with Crippen molar-refractivity contribution in [1.29, 1.82) is 0 Å². The molecule has 148 valence electrons. The lowest BCUT2D eigenvalue weighted by atomic mass is 10.1. The topological polar surface area (TPSA) is 61.2 Å². The molecule has 29 heavy (non-hydrogen) atoms. The summed E-state index contributed by atoms with van der Waals surface area (Å²) in [5, 5.41) is 0.435. The van der Waals surface area contributed by atoms with Crippen LogP contribution in [0.15, 0.2) is 47.3 Å². The molecule has 0 saturated heterocycles. The lowest BCUT2D eigenvalue weighted by Crippen LogP contribution is -2.21. The minimum Gasteiger partial charge on any atom is -0.494 e. The Labute approximate surface area is 169 Å². The molecule has 0 N–H and O–H groups in total. The fraction of sp³-hybridized carbons (Fsp3) is 0.292. The normalized spacial score (nSPS) is 12.6. The van der Waals surface area contributed by atoms with Gasteiger partial charge in [0.25, 0.3) is 5.56 Å². The van der Waals surface area contributed by atoms with E-state index in [0.717, 1.165) is 12.0 Å². The molecule has 1 aliphatic heterocycles. The summed E-state index contributed by atoms with van der Waals surface area (Å²) < 4.78 is 6.74. The van der Waals surface area contributed by atoms with Crippen molar-refractivity contribution in [3.05, 3.63) is 69.8 Å². The molecule has 2 heterocycles. The third-order valence-electron chi connectivity index (χ3n) is 5.33. The highest BCUT2D eigenvalue weighted by Gasteiger charge is 2.30. The van der Waals surface area contributed by atoms with Crippen LogP contribution in [0.25, 0.3) is 22.7 Å². The Morgan fingerprint density at radius 2 is 1.97 bits per heavy atom. The molecule has 4 rings (SSSR count). The van der Waals surface area contributed by atoms with Crippen molar-refractivity contribution in [2.45, 2.75) is 39.0 Å². The van der Waals surface area contributed by atoms with E-state index in [0.29, 0.717) is 27.9 Å². The van der Waals surface area contributed by atoms with Crippen molar-refractivity contribution in [2.75, 3.05) is 7.11 Å². The highest BCUT2D eigenvalue weighted by atomic mass is 16.5. The SMILES string of the molecule is CCCCCCC=Cc1ccc2c(c1)C(=O)c1nc3c(OC)cccc3c(=O)n1-2. The zero-order valence-electron chi connectivity index (χ0n) is 16.8. The van der Waals surface area contributed by atoms with E-state index in [2.05, 4.69) is 18.0 Å². The third kappa shape index (κ3) is 3.37. The van der Waals surface area contributed by atoms with Gasteiger partial charge in [-0.25, -0.2) is 4.98 Å². The second-order valence-electron chi connectivity index (χ2n) is 7.29. The predicted octanol–water partition coefficient (Wildman–Crippen LogP) is 4.92. The van der Waals surface area contributed by atoms with Crippen LogP contribution in [0.2, 0.25) is 0 Å². The zero-order valence-corrected chi connectivity index (χ0v) is 16.8. The molecule has 0 unspecified atom stereocenters. The van der Waals surface area contributed by atoms with E-state index in [1.165, 1.54) is 37.4 Å².